The zero-order valence-electron chi connectivity index (χ0n) is 14.2. The quantitative estimate of drug-likeness (QED) is 0.585. The summed E-state index contributed by atoms with van der Waals surface area (Å²) in [6, 6.07) is 14.9. The van der Waals surface area contributed by atoms with Crippen LogP contribution in [0.1, 0.15) is 16.1 Å². The zero-order chi connectivity index (χ0) is 18.1. The lowest BCUT2D eigenvalue weighted by Gasteiger charge is -1.99. The van der Waals surface area contributed by atoms with Gasteiger partial charge in [0.05, 0.1) is 7.11 Å². The minimum Gasteiger partial charge on any atom is -0.497 e. The first-order valence-corrected chi connectivity index (χ1v) is 8.02. The number of ether oxygens (including phenoxy) is 1. The van der Waals surface area contributed by atoms with Gasteiger partial charge >= 0.3 is 0 Å². The molecule has 0 fully saturated rings. The van der Waals surface area contributed by atoms with Crippen molar-refractivity contribution in [2.75, 3.05) is 12.4 Å². The minimum absolute atomic E-state index is 0.186. The second kappa shape index (κ2) is 6.36. The molecule has 0 aliphatic carbocycles. The van der Waals surface area contributed by atoms with Crippen molar-refractivity contribution in [2.45, 2.75) is 6.92 Å². The molecule has 0 atom stereocenters. The highest BCUT2D eigenvalue weighted by atomic mass is 16.5. The first-order chi connectivity index (χ1) is 12.7. The van der Waals surface area contributed by atoms with Crippen LogP contribution in [-0.2, 0) is 0 Å². The number of amides is 1. The summed E-state index contributed by atoms with van der Waals surface area (Å²) in [5.74, 6) is 1.28. The number of nitrogens with one attached hydrogen (secondary N) is 2. The third-order valence-electron chi connectivity index (χ3n) is 4.11. The Morgan fingerprint density at radius 1 is 1.19 bits per heavy atom. The molecule has 130 valence electrons. The molecule has 0 radical (unpaired) electrons. The van der Waals surface area contributed by atoms with Gasteiger partial charge in [-0.25, -0.2) is 0 Å². The van der Waals surface area contributed by atoms with Gasteiger partial charge in [0.25, 0.3) is 5.91 Å². The van der Waals surface area contributed by atoms with Crippen molar-refractivity contribution in [1.82, 2.24) is 15.2 Å². The summed E-state index contributed by atoms with van der Waals surface area (Å²) >= 11 is 0. The molecule has 0 aliphatic heterocycles. The minimum atomic E-state index is -0.406. The Kier molecular flexibility index (Phi) is 3.89. The molecule has 0 spiro atoms. The number of nitrogens with zero attached hydrogens (tertiary/aromatic N) is 2. The van der Waals surface area contributed by atoms with Crippen LogP contribution in [0, 0.1) is 6.92 Å². The maximum atomic E-state index is 12.6. The Bertz CT molecular complexity index is 1080. The molecule has 7 heteroatoms. The molecule has 2 N–H and O–H groups in total. The van der Waals surface area contributed by atoms with Gasteiger partial charge in [-0.2, -0.15) is 4.98 Å². The van der Waals surface area contributed by atoms with Gasteiger partial charge in [0.2, 0.25) is 5.95 Å². The van der Waals surface area contributed by atoms with Crippen LogP contribution >= 0.6 is 0 Å². The number of benzene rings is 2. The molecule has 0 saturated heterocycles. The summed E-state index contributed by atoms with van der Waals surface area (Å²) < 4.78 is 10.9. The van der Waals surface area contributed by atoms with Gasteiger partial charge in [-0.1, -0.05) is 30.3 Å². The van der Waals surface area contributed by atoms with Crippen molar-refractivity contribution < 1.29 is 13.9 Å². The highest BCUT2D eigenvalue weighted by Crippen LogP contribution is 2.29. The third kappa shape index (κ3) is 2.79. The Hall–Kier alpha value is -3.61. The van der Waals surface area contributed by atoms with Crippen molar-refractivity contribution in [2.24, 2.45) is 0 Å². The largest absolute Gasteiger partial charge is 0.497 e. The van der Waals surface area contributed by atoms with Gasteiger partial charge in [-0.15, -0.1) is 5.10 Å². The second-order valence-electron chi connectivity index (χ2n) is 5.75. The first kappa shape index (κ1) is 15.9. The Morgan fingerprint density at radius 3 is 2.77 bits per heavy atom. The summed E-state index contributed by atoms with van der Waals surface area (Å²) in [4.78, 5) is 16.9. The number of rotatable bonds is 4. The summed E-state index contributed by atoms with van der Waals surface area (Å²) in [5, 5.41) is 10.3. The zero-order valence-corrected chi connectivity index (χ0v) is 14.2. The van der Waals surface area contributed by atoms with Gasteiger partial charge in [0, 0.05) is 16.5 Å². The lowest BCUT2D eigenvalue weighted by Crippen LogP contribution is -2.13. The van der Waals surface area contributed by atoms with E-state index < -0.39 is 5.91 Å². The average molecular weight is 348 g/mol. The molecule has 2 aromatic heterocycles. The first-order valence-electron chi connectivity index (χ1n) is 8.02. The van der Waals surface area contributed by atoms with Gasteiger partial charge in [-0.05, 0) is 25.1 Å². The van der Waals surface area contributed by atoms with Crippen molar-refractivity contribution in [3.63, 3.8) is 0 Å². The Balaban J connectivity index is 1.60. The van der Waals surface area contributed by atoms with Crippen molar-refractivity contribution in [1.29, 1.82) is 0 Å². The Labute approximate surface area is 149 Å². The van der Waals surface area contributed by atoms with Crippen LogP contribution in [0.3, 0.4) is 0 Å². The third-order valence-corrected chi connectivity index (χ3v) is 4.11. The van der Waals surface area contributed by atoms with Gasteiger partial charge < -0.3 is 9.15 Å². The molecule has 0 aliphatic rings. The fraction of sp³-hybridized carbons (Fsp3) is 0.105. The van der Waals surface area contributed by atoms with E-state index in [1.54, 1.807) is 19.2 Å². The maximum absolute atomic E-state index is 12.6. The number of hydrogen-bond donors (Lipinski definition) is 2. The number of hydrogen-bond acceptors (Lipinski definition) is 5. The van der Waals surface area contributed by atoms with Crippen molar-refractivity contribution in [3.8, 4) is 17.1 Å². The number of furan rings is 1. The number of aromatic nitrogens is 3. The van der Waals surface area contributed by atoms with Crippen LogP contribution in [-0.4, -0.2) is 28.2 Å². The van der Waals surface area contributed by atoms with E-state index in [9.17, 15) is 4.79 Å². The average Bonchev–Trinajstić information content (AvgIpc) is 3.27. The predicted octanol–water partition coefficient (Wildman–Crippen LogP) is 3.79. The van der Waals surface area contributed by atoms with Gasteiger partial charge in [-0.3, -0.25) is 15.2 Å². The number of methoxy groups -OCH3 is 1. The Morgan fingerprint density at radius 2 is 2.00 bits per heavy atom. The molecule has 1 amide bonds. The van der Waals surface area contributed by atoms with E-state index in [2.05, 4.69) is 20.5 Å². The van der Waals surface area contributed by atoms with Crippen molar-refractivity contribution in [3.05, 3.63) is 59.9 Å². The molecule has 4 aromatic rings. The van der Waals surface area contributed by atoms with E-state index in [0.717, 1.165) is 16.5 Å². The van der Waals surface area contributed by atoms with E-state index in [4.69, 9.17) is 9.15 Å². The van der Waals surface area contributed by atoms with Crippen LogP contribution in [0.5, 0.6) is 5.75 Å². The standard InChI is InChI=1S/C19H16N4O3/c1-11-14-10-13(25-2)8-9-15(14)26-16(11)18(24)21-19-20-17(22-23-19)12-6-4-3-5-7-12/h3-10H,1-2H3,(H2,20,21,22,23,24). The van der Waals surface area contributed by atoms with E-state index in [1.165, 1.54) is 0 Å². The molecular weight excluding hydrogens is 332 g/mol. The molecule has 7 nitrogen and oxygen atoms in total. The molecule has 4 rings (SSSR count). The number of aromatic amines is 1. The highest BCUT2D eigenvalue weighted by molar-refractivity contribution is 6.05. The van der Waals surface area contributed by atoms with Gasteiger partial charge in [0.15, 0.2) is 11.6 Å². The lowest BCUT2D eigenvalue weighted by molar-refractivity contribution is 0.0997. The predicted molar refractivity (Wildman–Crippen MR) is 97.3 cm³/mol. The van der Waals surface area contributed by atoms with Crippen LogP contribution in [0.4, 0.5) is 5.95 Å². The fourth-order valence-corrected chi connectivity index (χ4v) is 2.74. The molecule has 26 heavy (non-hydrogen) atoms. The van der Waals surface area contributed by atoms with E-state index in [0.29, 0.717) is 17.2 Å². The number of carbonyl (C=O) groups excluding carboxylic acids is 1. The number of anilines is 1. The second-order valence-corrected chi connectivity index (χ2v) is 5.75. The number of aryl methyl sites for hydroxylation is 1. The van der Waals surface area contributed by atoms with Crippen LogP contribution < -0.4 is 10.1 Å². The molecule has 0 saturated carbocycles. The number of H-pyrrole nitrogens is 1. The summed E-state index contributed by atoms with van der Waals surface area (Å²) in [6.45, 7) is 1.83. The summed E-state index contributed by atoms with van der Waals surface area (Å²) in [5.41, 5.74) is 2.23. The van der Waals surface area contributed by atoms with Crippen LogP contribution in [0.15, 0.2) is 52.9 Å². The highest BCUT2D eigenvalue weighted by Gasteiger charge is 2.19. The van der Waals surface area contributed by atoms with E-state index in [1.807, 2.05) is 43.3 Å². The summed E-state index contributed by atoms with van der Waals surface area (Å²) in [6.07, 6.45) is 0. The SMILES string of the molecule is COc1ccc2oc(C(=O)Nc3n[nH]c(-c4ccccc4)n3)c(C)c2c1. The van der Waals surface area contributed by atoms with E-state index >= 15 is 0 Å². The molecular formula is C19H16N4O3. The molecule has 2 heterocycles. The molecule has 0 unspecified atom stereocenters. The maximum Gasteiger partial charge on any atom is 0.294 e. The lowest BCUT2D eigenvalue weighted by atomic mass is 10.1. The molecule has 2 aromatic carbocycles. The monoisotopic (exact) mass is 348 g/mol. The van der Waals surface area contributed by atoms with Gasteiger partial charge in [0.1, 0.15) is 11.3 Å². The number of fused-ring (bicyclic) bond motifs is 1. The van der Waals surface area contributed by atoms with Crippen molar-refractivity contribution >= 4 is 22.8 Å². The number of carbonyl (C=O) groups is 1. The topological polar surface area (TPSA) is 93.0 Å². The van der Waals surface area contributed by atoms with Crippen LogP contribution in [0.2, 0.25) is 0 Å². The fourth-order valence-electron chi connectivity index (χ4n) is 2.74. The van der Waals surface area contributed by atoms with E-state index in [-0.39, 0.29) is 11.7 Å². The smallest absolute Gasteiger partial charge is 0.294 e. The summed E-state index contributed by atoms with van der Waals surface area (Å²) in [7, 11) is 1.60. The van der Waals surface area contributed by atoms with Crippen LogP contribution in [0.25, 0.3) is 22.4 Å². The normalized spacial score (nSPS) is 10.8. The molecule has 0 bridgehead atoms.